The van der Waals surface area contributed by atoms with Gasteiger partial charge in [-0.3, -0.25) is 9.78 Å². The maximum atomic E-state index is 12.0. The lowest BCUT2D eigenvalue weighted by molar-refractivity contribution is 0.0917. The monoisotopic (exact) mass is 219 g/mol. The van der Waals surface area contributed by atoms with Crippen LogP contribution in [0.15, 0.2) is 18.5 Å². The maximum Gasteiger partial charge on any atom is 0.253 e. The molecule has 0 radical (unpaired) electrons. The molecule has 0 aliphatic heterocycles. The minimum Gasteiger partial charge on any atom is -0.383 e. The largest absolute Gasteiger partial charge is 0.383 e. The molecule has 1 fully saturated rings. The molecule has 0 atom stereocenters. The Bertz CT molecular complexity index is 374. The van der Waals surface area contributed by atoms with Gasteiger partial charge < -0.3 is 10.6 Å². The van der Waals surface area contributed by atoms with Gasteiger partial charge in [-0.2, -0.15) is 0 Å². The molecule has 0 spiro atoms. The van der Waals surface area contributed by atoms with Crippen molar-refractivity contribution in [2.24, 2.45) is 0 Å². The molecule has 16 heavy (non-hydrogen) atoms. The number of pyridine rings is 1. The molecule has 4 heteroatoms. The zero-order valence-corrected chi connectivity index (χ0v) is 9.49. The van der Waals surface area contributed by atoms with Gasteiger partial charge in [0.1, 0.15) is 0 Å². The van der Waals surface area contributed by atoms with E-state index in [-0.39, 0.29) is 5.91 Å². The van der Waals surface area contributed by atoms with Crippen molar-refractivity contribution < 1.29 is 4.79 Å². The number of carbonyl (C=O) groups is 1. The highest BCUT2D eigenvalue weighted by Crippen LogP contribution is 2.20. The first-order valence-electron chi connectivity index (χ1n) is 5.80. The van der Waals surface area contributed by atoms with Crippen molar-refractivity contribution in [2.75, 3.05) is 11.9 Å². The fraction of sp³-hybridized carbons (Fsp3) is 0.500. The van der Waals surface area contributed by atoms with E-state index in [4.69, 9.17) is 0 Å². The number of rotatable bonds is 4. The molecule has 2 N–H and O–H groups in total. The van der Waals surface area contributed by atoms with Crippen LogP contribution in [-0.2, 0) is 0 Å². The predicted octanol–water partition coefficient (Wildman–Crippen LogP) is 1.80. The van der Waals surface area contributed by atoms with Gasteiger partial charge in [-0.1, -0.05) is 0 Å². The summed E-state index contributed by atoms with van der Waals surface area (Å²) < 4.78 is 0. The number of nitrogens with zero attached hydrogens (tertiary/aromatic N) is 1. The number of anilines is 1. The molecular weight excluding hydrogens is 202 g/mol. The summed E-state index contributed by atoms with van der Waals surface area (Å²) in [6.07, 6.45) is 6.78. The number of nitrogens with one attached hydrogen (secondary N) is 2. The third-order valence-electron chi connectivity index (χ3n) is 2.87. The number of carbonyl (C=O) groups excluding carboxylic acids is 1. The smallest absolute Gasteiger partial charge is 0.253 e. The van der Waals surface area contributed by atoms with Crippen LogP contribution in [0.25, 0.3) is 0 Å². The summed E-state index contributed by atoms with van der Waals surface area (Å²) in [7, 11) is 0. The molecule has 0 bridgehead atoms. The summed E-state index contributed by atoms with van der Waals surface area (Å²) in [6, 6.07) is 2.13. The van der Waals surface area contributed by atoms with Gasteiger partial charge in [0.05, 0.1) is 17.4 Å². The first-order chi connectivity index (χ1) is 7.81. The minimum absolute atomic E-state index is 0.00282. The van der Waals surface area contributed by atoms with E-state index in [1.807, 2.05) is 6.92 Å². The van der Waals surface area contributed by atoms with Crippen LogP contribution in [0.2, 0.25) is 0 Å². The highest BCUT2D eigenvalue weighted by Gasteiger charge is 2.21. The van der Waals surface area contributed by atoms with Gasteiger partial charge in [0.2, 0.25) is 0 Å². The Kier molecular flexibility index (Phi) is 3.39. The maximum absolute atomic E-state index is 12.0. The van der Waals surface area contributed by atoms with E-state index < -0.39 is 0 Å². The second-order valence-corrected chi connectivity index (χ2v) is 4.05. The van der Waals surface area contributed by atoms with E-state index in [2.05, 4.69) is 15.6 Å². The van der Waals surface area contributed by atoms with Crippen LogP contribution in [0, 0.1) is 0 Å². The molecule has 1 aliphatic rings. The van der Waals surface area contributed by atoms with Crippen LogP contribution in [0.3, 0.4) is 0 Å². The number of hydrogen-bond acceptors (Lipinski definition) is 3. The van der Waals surface area contributed by atoms with Crippen LogP contribution in [-0.4, -0.2) is 23.5 Å². The molecule has 4 nitrogen and oxygen atoms in total. The Morgan fingerprint density at radius 2 is 2.38 bits per heavy atom. The van der Waals surface area contributed by atoms with Gasteiger partial charge in [-0.05, 0) is 32.3 Å². The summed E-state index contributed by atoms with van der Waals surface area (Å²) in [5.74, 6) is 0.00282. The van der Waals surface area contributed by atoms with Gasteiger partial charge in [-0.25, -0.2) is 0 Å². The van der Waals surface area contributed by atoms with E-state index in [0.29, 0.717) is 11.6 Å². The van der Waals surface area contributed by atoms with Crippen LogP contribution in [0.1, 0.15) is 36.5 Å². The summed E-state index contributed by atoms with van der Waals surface area (Å²) in [6.45, 7) is 2.79. The van der Waals surface area contributed by atoms with Crippen molar-refractivity contribution in [3.05, 3.63) is 24.0 Å². The standard InChI is InChI=1S/C12H17N3O/c1-2-14-11-8-13-7-6-10(11)12(16)15-9-4-3-5-9/h6-9,14H,2-5H2,1H3,(H,15,16). The van der Waals surface area contributed by atoms with E-state index in [0.717, 1.165) is 25.1 Å². The number of aromatic nitrogens is 1. The van der Waals surface area contributed by atoms with Crippen LogP contribution in [0.5, 0.6) is 0 Å². The quantitative estimate of drug-likeness (QED) is 0.811. The highest BCUT2D eigenvalue weighted by atomic mass is 16.1. The van der Waals surface area contributed by atoms with Gasteiger partial charge in [0.25, 0.3) is 5.91 Å². The first-order valence-corrected chi connectivity index (χ1v) is 5.80. The Hall–Kier alpha value is -1.58. The lowest BCUT2D eigenvalue weighted by Gasteiger charge is -2.26. The average molecular weight is 219 g/mol. The van der Waals surface area contributed by atoms with Crippen molar-refractivity contribution in [1.29, 1.82) is 0 Å². The summed E-state index contributed by atoms with van der Waals surface area (Å²) in [5.41, 5.74) is 1.49. The molecule has 1 aromatic heterocycles. The lowest BCUT2D eigenvalue weighted by atomic mass is 9.93. The second kappa shape index (κ2) is 4.96. The molecule has 1 aliphatic carbocycles. The zero-order valence-electron chi connectivity index (χ0n) is 9.49. The predicted molar refractivity (Wildman–Crippen MR) is 63.5 cm³/mol. The SMILES string of the molecule is CCNc1cnccc1C(=O)NC1CCC1. The molecular formula is C12H17N3O. The van der Waals surface area contributed by atoms with Crippen molar-refractivity contribution in [2.45, 2.75) is 32.2 Å². The van der Waals surface area contributed by atoms with Crippen molar-refractivity contribution in [1.82, 2.24) is 10.3 Å². The van der Waals surface area contributed by atoms with Crippen molar-refractivity contribution in [3.8, 4) is 0 Å². The molecule has 0 aromatic carbocycles. The van der Waals surface area contributed by atoms with E-state index in [9.17, 15) is 4.79 Å². The van der Waals surface area contributed by atoms with Crippen LogP contribution in [0.4, 0.5) is 5.69 Å². The molecule has 0 unspecified atom stereocenters. The molecule has 2 rings (SSSR count). The van der Waals surface area contributed by atoms with Crippen molar-refractivity contribution >= 4 is 11.6 Å². The molecule has 1 heterocycles. The summed E-state index contributed by atoms with van der Waals surface area (Å²) in [5, 5.41) is 6.17. The molecule has 86 valence electrons. The second-order valence-electron chi connectivity index (χ2n) is 4.05. The molecule has 1 saturated carbocycles. The Labute approximate surface area is 95.5 Å². The van der Waals surface area contributed by atoms with Gasteiger partial charge in [-0.15, -0.1) is 0 Å². The lowest BCUT2D eigenvalue weighted by Crippen LogP contribution is -2.39. The Morgan fingerprint density at radius 1 is 1.56 bits per heavy atom. The van der Waals surface area contributed by atoms with Gasteiger partial charge in [0.15, 0.2) is 0 Å². The zero-order chi connectivity index (χ0) is 11.4. The first kappa shape index (κ1) is 10.9. The Balaban J connectivity index is 2.08. The Morgan fingerprint density at radius 3 is 3.00 bits per heavy atom. The fourth-order valence-corrected chi connectivity index (χ4v) is 1.74. The van der Waals surface area contributed by atoms with Crippen LogP contribution < -0.4 is 10.6 Å². The van der Waals surface area contributed by atoms with Crippen molar-refractivity contribution in [3.63, 3.8) is 0 Å². The normalized spacial score (nSPS) is 15.3. The average Bonchev–Trinajstić information content (AvgIpc) is 2.24. The van der Waals surface area contributed by atoms with Gasteiger partial charge >= 0.3 is 0 Å². The molecule has 1 aromatic rings. The number of amides is 1. The van der Waals surface area contributed by atoms with Gasteiger partial charge in [0, 0.05) is 18.8 Å². The third kappa shape index (κ3) is 2.32. The summed E-state index contributed by atoms with van der Waals surface area (Å²) in [4.78, 5) is 16.0. The minimum atomic E-state index is 0.00282. The molecule has 0 saturated heterocycles. The summed E-state index contributed by atoms with van der Waals surface area (Å²) >= 11 is 0. The third-order valence-corrected chi connectivity index (χ3v) is 2.87. The number of hydrogen-bond donors (Lipinski definition) is 2. The fourth-order valence-electron chi connectivity index (χ4n) is 1.74. The molecule has 1 amide bonds. The topological polar surface area (TPSA) is 54.0 Å². The highest BCUT2D eigenvalue weighted by molar-refractivity contribution is 5.99. The van der Waals surface area contributed by atoms with E-state index >= 15 is 0 Å². The van der Waals surface area contributed by atoms with Crippen LogP contribution >= 0.6 is 0 Å². The van der Waals surface area contributed by atoms with E-state index in [1.54, 1.807) is 18.5 Å². The van der Waals surface area contributed by atoms with E-state index in [1.165, 1.54) is 6.42 Å².